The van der Waals surface area contributed by atoms with E-state index in [0.29, 0.717) is 0 Å². The SMILES string of the molecule is C=CC[C@H](N[C@@H](C)c1ccco1)c1ccccc1. The molecule has 0 saturated carbocycles. The quantitative estimate of drug-likeness (QED) is 0.765. The highest BCUT2D eigenvalue weighted by molar-refractivity contribution is 5.20. The molecule has 0 unspecified atom stereocenters. The summed E-state index contributed by atoms with van der Waals surface area (Å²) >= 11 is 0. The van der Waals surface area contributed by atoms with Gasteiger partial charge in [-0.1, -0.05) is 36.4 Å². The highest BCUT2D eigenvalue weighted by Crippen LogP contribution is 2.22. The van der Waals surface area contributed by atoms with E-state index < -0.39 is 0 Å². The first kappa shape index (κ1) is 12.7. The third kappa shape index (κ3) is 3.11. The van der Waals surface area contributed by atoms with E-state index in [1.54, 1.807) is 6.26 Å². The molecule has 94 valence electrons. The van der Waals surface area contributed by atoms with Crippen molar-refractivity contribution in [3.63, 3.8) is 0 Å². The van der Waals surface area contributed by atoms with Gasteiger partial charge in [-0.15, -0.1) is 6.58 Å². The monoisotopic (exact) mass is 241 g/mol. The van der Waals surface area contributed by atoms with E-state index in [0.717, 1.165) is 12.2 Å². The van der Waals surface area contributed by atoms with Crippen molar-refractivity contribution in [3.05, 3.63) is 72.7 Å². The molecule has 0 aliphatic heterocycles. The van der Waals surface area contributed by atoms with Crippen LogP contribution in [0.25, 0.3) is 0 Å². The largest absolute Gasteiger partial charge is 0.468 e. The minimum Gasteiger partial charge on any atom is -0.468 e. The van der Waals surface area contributed by atoms with Crippen molar-refractivity contribution in [1.82, 2.24) is 5.32 Å². The smallest absolute Gasteiger partial charge is 0.120 e. The lowest BCUT2D eigenvalue weighted by Gasteiger charge is -2.21. The standard InChI is InChI=1S/C16H19NO/c1-3-8-15(14-9-5-4-6-10-14)17-13(2)16-11-7-12-18-16/h3-7,9-13,15,17H,1,8H2,2H3/t13-,15-/m0/s1. The predicted octanol–water partition coefficient (Wildman–Crippen LogP) is 4.25. The Morgan fingerprint density at radius 1 is 1.22 bits per heavy atom. The van der Waals surface area contributed by atoms with Crippen LogP contribution in [0.3, 0.4) is 0 Å². The number of furan rings is 1. The number of benzene rings is 1. The molecule has 0 radical (unpaired) electrons. The molecule has 0 saturated heterocycles. The van der Waals surface area contributed by atoms with Crippen LogP contribution in [0.4, 0.5) is 0 Å². The highest BCUT2D eigenvalue weighted by atomic mass is 16.3. The van der Waals surface area contributed by atoms with Gasteiger partial charge >= 0.3 is 0 Å². The normalized spacial score (nSPS) is 14.1. The van der Waals surface area contributed by atoms with Crippen LogP contribution in [0, 0.1) is 0 Å². The maximum absolute atomic E-state index is 5.42. The zero-order valence-electron chi connectivity index (χ0n) is 10.7. The van der Waals surface area contributed by atoms with Crippen molar-refractivity contribution in [2.75, 3.05) is 0 Å². The molecular weight excluding hydrogens is 222 g/mol. The van der Waals surface area contributed by atoms with E-state index in [1.165, 1.54) is 5.56 Å². The summed E-state index contributed by atoms with van der Waals surface area (Å²) in [7, 11) is 0. The van der Waals surface area contributed by atoms with Gasteiger partial charge in [0.15, 0.2) is 0 Å². The summed E-state index contributed by atoms with van der Waals surface area (Å²) in [6, 6.07) is 14.8. The Labute approximate surface area is 108 Å². The summed E-state index contributed by atoms with van der Waals surface area (Å²) in [5.74, 6) is 0.958. The lowest BCUT2D eigenvalue weighted by molar-refractivity contribution is 0.393. The summed E-state index contributed by atoms with van der Waals surface area (Å²) in [6.45, 7) is 5.94. The molecule has 2 heteroatoms. The average molecular weight is 241 g/mol. The first-order valence-electron chi connectivity index (χ1n) is 6.26. The molecule has 2 nitrogen and oxygen atoms in total. The van der Waals surface area contributed by atoms with Crippen molar-refractivity contribution in [1.29, 1.82) is 0 Å². The second-order valence-electron chi connectivity index (χ2n) is 4.39. The molecule has 2 aromatic rings. The van der Waals surface area contributed by atoms with Crippen LogP contribution in [0.15, 0.2) is 65.8 Å². The van der Waals surface area contributed by atoms with Crippen LogP contribution in [0.5, 0.6) is 0 Å². The van der Waals surface area contributed by atoms with Gasteiger partial charge in [-0.2, -0.15) is 0 Å². The van der Waals surface area contributed by atoms with Crippen molar-refractivity contribution in [3.8, 4) is 0 Å². The second kappa shape index (κ2) is 6.22. The summed E-state index contributed by atoms with van der Waals surface area (Å²) in [6.07, 6.45) is 4.55. The van der Waals surface area contributed by atoms with Crippen LogP contribution in [-0.2, 0) is 0 Å². The predicted molar refractivity (Wildman–Crippen MR) is 74.3 cm³/mol. The average Bonchev–Trinajstić information content (AvgIpc) is 2.93. The van der Waals surface area contributed by atoms with Gasteiger partial charge in [0.05, 0.1) is 12.3 Å². The van der Waals surface area contributed by atoms with Gasteiger partial charge < -0.3 is 9.73 Å². The number of rotatable bonds is 6. The van der Waals surface area contributed by atoms with Crippen LogP contribution < -0.4 is 5.32 Å². The third-order valence-corrected chi connectivity index (χ3v) is 3.03. The van der Waals surface area contributed by atoms with Crippen LogP contribution in [0.2, 0.25) is 0 Å². The maximum Gasteiger partial charge on any atom is 0.120 e. The van der Waals surface area contributed by atoms with E-state index >= 15 is 0 Å². The molecule has 0 bridgehead atoms. The van der Waals surface area contributed by atoms with Gasteiger partial charge in [-0.3, -0.25) is 0 Å². The fourth-order valence-corrected chi connectivity index (χ4v) is 2.07. The summed E-state index contributed by atoms with van der Waals surface area (Å²) in [5, 5.41) is 3.57. The maximum atomic E-state index is 5.42. The van der Waals surface area contributed by atoms with Gasteiger partial charge in [0, 0.05) is 6.04 Å². The Balaban J connectivity index is 2.09. The molecule has 0 amide bonds. The van der Waals surface area contributed by atoms with Crippen molar-refractivity contribution in [2.45, 2.75) is 25.4 Å². The molecule has 2 atom stereocenters. The minimum absolute atomic E-state index is 0.185. The zero-order chi connectivity index (χ0) is 12.8. The van der Waals surface area contributed by atoms with E-state index in [1.807, 2.05) is 24.3 Å². The summed E-state index contributed by atoms with van der Waals surface area (Å²) in [5.41, 5.74) is 1.27. The Hall–Kier alpha value is -1.80. The molecule has 0 aliphatic carbocycles. The summed E-state index contributed by atoms with van der Waals surface area (Å²) in [4.78, 5) is 0. The number of nitrogens with one attached hydrogen (secondary N) is 1. The van der Waals surface area contributed by atoms with E-state index in [2.05, 4.69) is 43.1 Å². The molecular formula is C16H19NO. The molecule has 1 heterocycles. The number of hydrogen-bond acceptors (Lipinski definition) is 2. The van der Waals surface area contributed by atoms with Gasteiger partial charge in [0.25, 0.3) is 0 Å². The Morgan fingerprint density at radius 2 is 2.00 bits per heavy atom. The van der Waals surface area contributed by atoms with Crippen LogP contribution in [0.1, 0.15) is 36.8 Å². The fourth-order valence-electron chi connectivity index (χ4n) is 2.07. The van der Waals surface area contributed by atoms with Gasteiger partial charge in [-0.25, -0.2) is 0 Å². The molecule has 2 rings (SSSR count). The number of hydrogen-bond donors (Lipinski definition) is 1. The Bertz CT molecular complexity index is 461. The molecule has 18 heavy (non-hydrogen) atoms. The molecule has 1 aromatic carbocycles. The van der Waals surface area contributed by atoms with Gasteiger partial charge in [-0.05, 0) is 31.0 Å². The van der Waals surface area contributed by atoms with Crippen LogP contribution >= 0.6 is 0 Å². The zero-order valence-corrected chi connectivity index (χ0v) is 10.7. The molecule has 1 N–H and O–H groups in total. The highest BCUT2D eigenvalue weighted by Gasteiger charge is 2.15. The minimum atomic E-state index is 0.185. The first-order valence-corrected chi connectivity index (χ1v) is 6.26. The lowest BCUT2D eigenvalue weighted by atomic mass is 10.0. The van der Waals surface area contributed by atoms with E-state index in [-0.39, 0.29) is 12.1 Å². The lowest BCUT2D eigenvalue weighted by Crippen LogP contribution is -2.24. The van der Waals surface area contributed by atoms with Crippen molar-refractivity contribution in [2.24, 2.45) is 0 Å². The topological polar surface area (TPSA) is 25.2 Å². The van der Waals surface area contributed by atoms with E-state index in [4.69, 9.17) is 4.42 Å². The molecule has 1 aromatic heterocycles. The molecule has 0 fully saturated rings. The van der Waals surface area contributed by atoms with Crippen LogP contribution in [-0.4, -0.2) is 0 Å². The third-order valence-electron chi connectivity index (χ3n) is 3.03. The fraction of sp³-hybridized carbons (Fsp3) is 0.250. The van der Waals surface area contributed by atoms with Gasteiger partial charge in [0.2, 0.25) is 0 Å². The molecule has 0 aliphatic rings. The van der Waals surface area contributed by atoms with Crippen molar-refractivity contribution >= 4 is 0 Å². The van der Waals surface area contributed by atoms with E-state index in [9.17, 15) is 0 Å². The Kier molecular flexibility index (Phi) is 4.37. The first-order chi connectivity index (χ1) is 8.81. The van der Waals surface area contributed by atoms with Gasteiger partial charge in [0.1, 0.15) is 5.76 Å². The van der Waals surface area contributed by atoms with Crippen molar-refractivity contribution < 1.29 is 4.42 Å². The molecule has 0 spiro atoms. The second-order valence-corrected chi connectivity index (χ2v) is 4.39. The Morgan fingerprint density at radius 3 is 2.61 bits per heavy atom. The summed E-state index contributed by atoms with van der Waals surface area (Å²) < 4.78 is 5.42.